The molecule has 1 fully saturated rings. The van der Waals surface area contributed by atoms with Gasteiger partial charge in [-0.05, 0) is 23.5 Å². The summed E-state index contributed by atoms with van der Waals surface area (Å²) < 4.78 is 5.40. The van der Waals surface area contributed by atoms with Crippen molar-refractivity contribution < 1.29 is 24.2 Å². The monoisotopic (exact) mass is 635 g/mol. The van der Waals surface area contributed by atoms with Gasteiger partial charge in [-0.1, -0.05) is 107 Å². The number of aliphatic hydroxyl groups is 1. The van der Waals surface area contributed by atoms with Crippen molar-refractivity contribution in [2.75, 3.05) is 0 Å². The Labute approximate surface area is 269 Å². The highest BCUT2D eigenvalue weighted by atomic mass is 32.2. The van der Waals surface area contributed by atoms with Gasteiger partial charge in [-0.2, -0.15) is 0 Å². The first kappa shape index (κ1) is 34.1. The predicted molar refractivity (Wildman–Crippen MR) is 175 cm³/mol. The number of aromatic nitrogens is 2. The van der Waals surface area contributed by atoms with E-state index in [9.17, 15) is 19.5 Å². The van der Waals surface area contributed by atoms with Gasteiger partial charge >= 0.3 is 6.09 Å². The van der Waals surface area contributed by atoms with E-state index in [0.29, 0.717) is 18.2 Å². The molecule has 1 aliphatic carbocycles. The van der Waals surface area contributed by atoms with E-state index in [-0.39, 0.29) is 18.3 Å². The molecule has 1 saturated carbocycles. The van der Waals surface area contributed by atoms with Gasteiger partial charge in [0.1, 0.15) is 24.6 Å². The van der Waals surface area contributed by atoms with Gasteiger partial charge < -0.3 is 30.8 Å². The van der Waals surface area contributed by atoms with Gasteiger partial charge in [0, 0.05) is 24.1 Å². The second-order valence-electron chi connectivity index (χ2n) is 11.8. The van der Waals surface area contributed by atoms with Gasteiger partial charge in [-0.25, -0.2) is 9.78 Å². The maximum absolute atomic E-state index is 13.8. The van der Waals surface area contributed by atoms with Crippen molar-refractivity contribution in [1.82, 2.24) is 25.9 Å². The number of aromatic amines is 1. The highest BCUT2D eigenvalue weighted by molar-refractivity contribution is 8.01. The van der Waals surface area contributed by atoms with Crippen LogP contribution in [0.1, 0.15) is 75.4 Å². The molecule has 2 aromatic carbocycles. The fourth-order valence-electron chi connectivity index (χ4n) is 5.57. The molecule has 5 N–H and O–H groups in total. The minimum atomic E-state index is -1.03. The van der Waals surface area contributed by atoms with Crippen LogP contribution in [0, 0.1) is 5.92 Å². The molecule has 0 spiro atoms. The zero-order chi connectivity index (χ0) is 32.0. The van der Waals surface area contributed by atoms with E-state index in [1.54, 1.807) is 12.4 Å². The number of amides is 3. The van der Waals surface area contributed by atoms with Crippen LogP contribution < -0.4 is 16.0 Å². The molecule has 1 heterocycles. The SMILES string of the molecule is CC(C)S[C@H](NC(=O)[C@H](Cc1ccccc1)NC(=O)OCc1ccccc1)C(=O)NC(CC1CCCCC1)[C@@H](O)c1ncc[nH]1. The fourth-order valence-corrected chi connectivity index (χ4v) is 6.49. The number of imidazole rings is 1. The van der Waals surface area contributed by atoms with Crippen LogP contribution in [0.3, 0.4) is 0 Å². The van der Waals surface area contributed by atoms with Crippen LogP contribution in [0.5, 0.6) is 0 Å². The normalized spacial score (nSPS) is 16.3. The Balaban J connectivity index is 1.47. The topological polar surface area (TPSA) is 145 Å². The molecule has 0 saturated heterocycles. The maximum atomic E-state index is 13.8. The van der Waals surface area contributed by atoms with Gasteiger partial charge in [-0.3, -0.25) is 9.59 Å². The fraction of sp³-hybridized carbons (Fsp3) is 0.471. The third-order valence-electron chi connectivity index (χ3n) is 7.84. The predicted octanol–water partition coefficient (Wildman–Crippen LogP) is 5.02. The van der Waals surface area contributed by atoms with Crippen LogP contribution in [0.4, 0.5) is 4.79 Å². The molecule has 0 bridgehead atoms. The van der Waals surface area contributed by atoms with Crippen LogP contribution >= 0.6 is 11.8 Å². The molecule has 4 rings (SSSR count). The summed E-state index contributed by atoms with van der Waals surface area (Å²) in [5.74, 6) is -0.173. The number of hydrogen-bond donors (Lipinski definition) is 5. The smallest absolute Gasteiger partial charge is 0.408 e. The van der Waals surface area contributed by atoms with E-state index in [1.165, 1.54) is 18.2 Å². The number of carbonyl (C=O) groups excluding carboxylic acids is 3. The largest absolute Gasteiger partial charge is 0.445 e. The number of H-pyrrole nitrogens is 1. The lowest BCUT2D eigenvalue weighted by Gasteiger charge is -2.31. The molecular formula is C34H45N5O5S. The summed E-state index contributed by atoms with van der Waals surface area (Å²) in [6.45, 7) is 3.94. The Morgan fingerprint density at radius 1 is 0.933 bits per heavy atom. The number of alkyl carbamates (subject to hydrolysis) is 1. The van der Waals surface area contributed by atoms with E-state index in [2.05, 4.69) is 25.9 Å². The van der Waals surface area contributed by atoms with Crippen molar-refractivity contribution in [3.63, 3.8) is 0 Å². The van der Waals surface area contributed by atoms with Gasteiger partial charge in [0.25, 0.3) is 5.91 Å². The second-order valence-corrected chi connectivity index (χ2v) is 13.5. The highest BCUT2D eigenvalue weighted by Crippen LogP contribution is 2.30. The summed E-state index contributed by atoms with van der Waals surface area (Å²) in [6.07, 6.45) is 7.81. The molecule has 0 radical (unpaired) electrons. The molecule has 242 valence electrons. The van der Waals surface area contributed by atoms with Crippen molar-refractivity contribution >= 4 is 29.7 Å². The molecule has 4 atom stereocenters. The lowest BCUT2D eigenvalue weighted by Crippen LogP contribution is -2.55. The lowest BCUT2D eigenvalue weighted by molar-refractivity contribution is -0.128. The van der Waals surface area contributed by atoms with E-state index in [4.69, 9.17) is 4.74 Å². The van der Waals surface area contributed by atoms with Crippen molar-refractivity contribution in [1.29, 1.82) is 0 Å². The Hall–Kier alpha value is -3.83. The number of carbonyl (C=O) groups is 3. The van der Waals surface area contributed by atoms with Crippen molar-refractivity contribution in [2.24, 2.45) is 5.92 Å². The number of nitrogens with one attached hydrogen (secondary N) is 4. The molecule has 1 unspecified atom stereocenters. The zero-order valence-corrected chi connectivity index (χ0v) is 26.8. The molecule has 0 aliphatic heterocycles. The Kier molecular flexibility index (Phi) is 13.3. The summed E-state index contributed by atoms with van der Waals surface area (Å²) in [5, 5.41) is 18.9. The average molecular weight is 636 g/mol. The molecule has 1 aromatic heterocycles. The second kappa shape index (κ2) is 17.6. The van der Waals surface area contributed by atoms with Crippen LogP contribution in [0.15, 0.2) is 73.1 Å². The molecule has 3 amide bonds. The third kappa shape index (κ3) is 11.2. The van der Waals surface area contributed by atoms with Crippen LogP contribution in [0.2, 0.25) is 0 Å². The van der Waals surface area contributed by atoms with Gasteiger partial charge in [0.2, 0.25) is 5.91 Å². The number of hydrogen-bond acceptors (Lipinski definition) is 7. The summed E-state index contributed by atoms with van der Waals surface area (Å²) in [5.41, 5.74) is 1.66. The minimum Gasteiger partial charge on any atom is -0.445 e. The summed E-state index contributed by atoms with van der Waals surface area (Å²) >= 11 is 1.29. The van der Waals surface area contributed by atoms with Crippen LogP contribution in [-0.2, 0) is 27.4 Å². The van der Waals surface area contributed by atoms with E-state index >= 15 is 0 Å². The molecule has 10 nitrogen and oxygen atoms in total. The van der Waals surface area contributed by atoms with Gasteiger partial charge in [0.05, 0.1) is 6.04 Å². The van der Waals surface area contributed by atoms with E-state index in [0.717, 1.165) is 36.8 Å². The lowest BCUT2D eigenvalue weighted by atomic mass is 9.83. The quantitative estimate of drug-likeness (QED) is 0.148. The first-order chi connectivity index (χ1) is 21.8. The van der Waals surface area contributed by atoms with Gasteiger partial charge in [-0.15, -0.1) is 11.8 Å². The molecule has 3 aromatic rings. The van der Waals surface area contributed by atoms with E-state index < -0.39 is 41.5 Å². The van der Waals surface area contributed by atoms with Crippen molar-refractivity contribution in [2.45, 2.75) is 94.2 Å². The standard InChI is InChI=1S/C34H45N5O5S/c1-23(2)45-33(32(42)37-27(20-24-12-6-3-7-13-24)29(40)30-35-18-19-36-30)39-31(41)28(21-25-14-8-4-9-15-25)38-34(43)44-22-26-16-10-5-11-17-26/h4-5,8-11,14-19,23-24,27-29,33,40H,3,6-7,12-13,20-22H2,1-2H3,(H,35,36)(H,37,42)(H,38,43)(H,39,41)/t27?,28-,29+,33-/m0/s1. The zero-order valence-electron chi connectivity index (χ0n) is 26.0. The first-order valence-corrected chi connectivity index (χ1v) is 16.7. The molecular weight excluding hydrogens is 590 g/mol. The number of rotatable bonds is 15. The molecule has 45 heavy (non-hydrogen) atoms. The highest BCUT2D eigenvalue weighted by Gasteiger charge is 2.33. The number of ether oxygens (including phenoxy) is 1. The van der Waals surface area contributed by atoms with Crippen molar-refractivity contribution in [3.8, 4) is 0 Å². The van der Waals surface area contributed by atoms with Crippen LogP contribution in [-0.4, -0.2) is 55.7 Å². The summed E-state index contributed by atoms with van der Waals surface area (Å²) in [6, 6.07) is 17.0. The molecule has 1 aliphatic rings. The summed E-state index contributed by atoms with van der Waals surface area (Å²) in [4.78, 5) is 47.5. The number of nitrogens with zero attached hydrogens (tertiary/aromatic N) is 1. The Morgan fingerprint density at radius 3 is 2.22 bits per heavy atom. The van der Waals surface area contributed by atoms with Crippen LogP contribution in [0.25, 0.3) is 0 Å². The number of aliphatic hydroxyl groups excluding tert-OH is 1. The first-order valence-electron chi connectivity index (χ1n) is 15.7. The number of thioether (sulfide) groups is 1. The Morgan fingerprint density at radius 2 is 1.60 bits per heavy atom. The Bertz CT molecular complexity index is 1320. The van der Waals surface area contributed by atoms with Crippen molar-refractivity contribution in [3.05, 3.63) is 90.0 Å². The molecule has 11 heteroatoms. The minimum absolute atomic E-state index is 0.00390. The number of benzene rings is 2. The summed E-state index contributed by atoms with van der Waals surface area (Å²) in [7, 11) is 0. The third-order valence-corrected chi connectivity index (χ3v) is 8.99. The van der Waals surface area contributed by atoms with Gasteiger partial charge in [0.15, 0.2) is 5.37 Å². The maximum Gasteiger partial charge on any atom is 0.408 e. The van der Waals surface area contributed by atoms with E-state index in [1.807, 2.05) is 74.5 Å². The average Bonchev–Trinajstić information content (AvgIpc) is 3.59.